The summed E-state index contributed by atoms with van der Waals surface area (Å²) in [7, 11) is 0. The first-order valence-corrected chi connectivity index (χ1v) is 6.79. The normalized spacial score (nSPS) is 18.2. The van der Waals surface area contributed by atoms with Crippen LogP contribution in [0.3, 0.4) is 0 Å². The summed E-state index contributed by atoms with van der Waals surface area (Å²) < 4.78 is 0. The first kappa shape index (κ1) is 15.7. The van der Waals surface area contributed by atoms with Crippen molar-refractivity contribution in [3.63, 3.8) is 0 Å². The fourth-order valence-electron chi connectivity index (χ4n) is 2.52. The van der Waals surface area contributed by atoms with E-state index in [-0.39, 0.29) is 34.3 Å². The number of allylic oxidation sites excluding steroid dienone is 1. The number of rotatable bonds is 3. The number of hydrogen-bond acceptors (Lipinski definition) is 4. The number of carboxylic acid groups (broad SMARTS) is 1. The lowest BCUT2D eigenvalue weighted by molar-refractivity contribution is -0.133. The molecular formula is C15H18N2O5. The van der Waals surface area contributed by atoms with E-state index >= 15 is 0 Å². The molecule has 5 N–H and O–H groups in total. The van der Waals surface area contributed by atoms with Gasteiger partial charge in [0.15, 0.2) is 0 Å². The summed E-state index contributed by atoms with van der Waals surface area (Å²) in [6.07, 6.45) is 0. The van der Waals surface area contributed by atoms with Crippen molar-refractivity contribution in [2.24, 2.45) is 0 Å². The van der Waals surface area contributed by atoms with Crippen LogP contribution in [0.15, 0.2) is 23.4 Å². The molecule has 1 aromatic carbocycles. The van der Waals surface area contributed by atoms with E-state index in [1.54, 1.807) is 0 Å². The van der Waals surface area contributed by atoms with Crippen LogP contribution in [-0.2, 0) is 4.79 Å². The molecule has 7 heteroatoms. The standard InChI is InChI=1S/C15H18N2O5/c1-6(2)8-4-9(11(19)5-10(8)18)13-12(14(20)21)7(3)16-15(22)17-13/h4-6,13,18-19H,1-3H3,(H,20,21)(H2,16,17,22). The Labute approximate surface area is 127 Å². The number of phenolic OH excluding ortho intramolecular Hbond substituents is 2. The van der Waals surface area contributed by atoms with Crippen molar-refractivity contribution in [3.8, 4) is 11.5 Å². The van der Waals surface area contributed by atoms with E-state index in [0.717, 1.165) is 6.07 Å². The molecule has 0 radical (unpaired) electrons. The topological polar surface area (TPSA) is 119 Å². The molecule has 0 aliphatic carbocycles. The molecule has 1 heterocycles. The molecule has 0 saturated heterocycles. The van der Waals surface area contributed by atoms with Crippen LogP contribution in [0.5, 0.6) is 11.5 Å². The Morgan fingerprint density at radius 1 is 1.23 bits per heavy atom. The summed E-state index contributed by atoms with van der Waals surface area (Å²) >= 11 is 0. The van der Waals surface area contributed by atoms with Crippen LogP contribution in [-0.4, -0.2) is 27.3 Å². The number of carboxylic acids is 1. The molecule has 1 aliphatic rings. The zero-order valence-electron chi connectivity index (χ0n) is 12.5. The highest BCUT2D eigenvalue weighted by molar-refractivity contribution is 5.94. The van der Waals surface area contributed by atoms with Gasteiger partial charge in [0.05, 0.1) is 11.6 Å². The molecule has 0 spiro atoms. The fraction of sp³-hybridized carbons (Fsp3) is 0.333. The molecule has 0 saturated carbocycles. The number of aliphatic carboxylic acids is 1. The van der Waals surface area contributed by atoms with Gasteiger partial charge in [0.1, 0.15) is 11.5 Å². The molecule has 0 fully saturated rings. The summed E-state index contributed by atoms with van der Waals surface area (Å²) in [5.74, 6) is -1.58. The number of phenols is 2. The highest BCUT2D eigenvalue weighted by Crippen LogP contribution is 2.38. The minimum Gasteiger partial charge on any atom is -0.508 e. The fourth-order valence-corrected chi connectivity index (χ4v) is 2.52. The quantitative estimate of drug-likeness (QED) is 0.584. The molecule has 7 nitrogen and oxygen atoms in total. The third kappa shape index (κ3) is 2.69. The number of aromatic hydroxyl groups is 2. The van der Waals surface area contributed by atoms with Gasteiger partial charge >= 0.3 is 12.0 Å². The van der Waals surface area contributed by atoms with E-state index in [1.165, 1.54) is 13.0 Å². The number of carbonyl (C=O) groups excluding carboxylic acids is 1. The monoisotopic (exact) mass is 306 g/mol. The van der Waals surface area contributed by atoms with Gasteiger partial charge in [0.25, 0.3) is 0 Å². The van der Waals surface area contributed by atoms with Gasteiger partial charge in [-0.15, -0.1) is 0 Å². The van der Waals surface area contributed by atoms with Gasteiger partial charge < -0.3 is 26.0 Å². The first-order valence-electron chi connectivity index (χ1n) is 6.79. The maximum Gasteiger partial charge on any atom is 0.335 e. The van der Waals surface area contributed by atoms with Crippen molar-refractivity contribution < 1.29 is 24.9 Å². The molecule has 2 rings (SSSR count). The van der Waals surface area contributed by atoms with Gasteiger partial charge in [-0.25, -0.2) is 9.59 Å². The molecule has 2 amide bonds. The summed E-state index contributed by atoms with van der Waals surface area (Å²) in [6.45, 7) is 5.20. The third-order valence-corrected chi connectivity index (χ3v) is 3.61. The summed E-state index contributed by atoms with van der Waals surface area (Å²) in [5, 5.41) is 34.2. The van der Waals surface area contributed by atoms with E-state index in [9.17, 15) is 24.9 Å². The molecule has 0 aromatic heterocycles. The van der Waals surface area contributed by atoms with Gasteiger partial charge in [-0.1, -0.05) is 13.8 Å². The molecule has 1 aliphatic heterocycles. The highest BCUT2D eigenvalue weighted by atomic mass is 16.4. The lowest BCUT2D eigenvalue weighted by atomic mass is 9.91. The maximum atomic E-state index is 11.6. The van der Waals surface area contributed by atoms with Gasteiger partial charge in [-0.05, 0) is 24.5 Å². The second kappa shape index (κ2) is 5.59. The van der Waals surface area contributed by atoms with Crippen molar-refractivity contribution in [3.05, 3.63) is 34.5 Å². The average molecular weight is 306 g/mol. The Kier molecular flexibility index (Phi) is 3.99. The Bertz CT molecular complexity index is 679. The largest absolute Gasteiger partial charge is 0.508 e. The molecule has 22 heavy (non-hydrogen) atoms. The number of carbonyl (C=O) groups is 2. The van der Waals surface area contributed by atoms with Gasteiger partial charge in [0.2, 0.25) is 0 Å². The van der Waals surface area contributed by atoms with E-state index in [4.69, 9.17) is 0 Å². The second-order valence-electron chi connectivity index (χ2n) is 5.50. The Morgan fingerprint density at radius 3 is 2.41 bits per heavy atom. The Hall–Kier alpha value is -2.70. The highest BCUT2D eigenvalue weighted by Gasteiger charge is 2.33. The minimum absolute atomic E-state index is 0.0323. The lowest BCUT2D eigenvalue weighted by Crippen LogP contribution is -2.45. The van der Waals surface area contributed by atoms with Crippen molar-refractivity contribution in [1.29, 1.82) is 0 Å². The van der Waals surface area contributed by atoms with E-state index in [2.05, 4.69) is 10.6 Å². The van der Waals surface area contributed by atoms with Crippen LogP contribution < -0.4 is 10.6 Å². The molecule has 1 unspecified atom stereocenters. The van der Waals surface area contributed by atoms with Crippen LogP contribution in [0.4, 0.5) is 4.79 Å². The maximum absolute atomic E-state index is 11.6. The zero-order valence-corrected chi connectivity index (χ0v) is 12.5. The number of urea groups is 1. The van der Waals surface area contributed by atoms with Crippen LogP contribution in [0.1, 0.15) is 43.9 Å². The third-order valence-electron chi connectivity index (χ3n) is 3.61. The van der Waals surface area contributed by atoms with Crippen molar-refractivity contribution in [2.45, 2.75) is 32.7 Å². The predicted molar refractivity (Wildman–Crippen MR) is 78.6 cm³/mol. The first-order chi connectivity index (χ1) is 10.2. The predicted octanol–water partition coefficient (Wildman–Crippen LogP) is 1.93. The van der Waals surface area contributed by atoms with Gasteiger partial charge in [-0.3, -0.25) is 0 Å². The molecule has 118 valence electrons. The van der Waals surface area contributed by atoms with E-state index in [1.807, 2.05) is 13.8 Å². The van der Waals surface area contributed by atoms with Crippen molar-refractivity contribution in [2.75, 3.05) is 0 Å². The van der Waals surface area contributed by atoms with Gasteiger partial charge in [-0.2, -0.15) is 0 Å². The minimum atomic E-state index is -1.20. The Balaban J connectivity index is 2.63. The average Bonchev–Trinajstić information content (AvgIpc) is 2.36. The Morgan fingerprint density at radius 2 is 1.86 bits per heavy atom. The SMILES string of the molecule is CC1=C(C(=O)O)C(c2cc(C(C)C)c(O)cc2O)NC(=O)N1. The smallest absolute Gasteiger partial charge is 0.335 e. The van der Waals surface area contributed by atoms with Crippen LogP contribution in [0, 0.1) is 0 Å². The molecular weight excluding hydrogens is 288 g/mol. The number of nitrogens with one attached hydrogen (secondary N) is 2. The number of amides is 2. The van der Waals surface area contributed by atoms with Crippen molar-refractivity contribution >= 4 is 12.0 Å². The lowest BCUT2D eigenvalue weighted by Gasteiger charge is -2.28. The van der Waals surface area contributed by atoms with Crippen LogP contribution in [0.25, 0.3) is 0 Å². The zero-order chi connectivity index (χ0) is 16.6. The van der Waals surface area contributed by atoms with E-state index < -0.39 is 18.0 Å². The van der Waals surface area contributed by atoms with Gasteiger partial charge in [0, 0.05) is 17.3 Å². The summed E-state index contributed by atoms with van der Waals surface area (Å²) in [4.78, 5) is 23.1. The van der Waals surface area contributed by atoms with E-state index in [0.29, 0.717) is 5.56 Å². The molecule has 1 aromatic rings. The van der Waals surface area contributed by atoms with Crippen LogP contribution >= 0.6 is 0 Å². The number of hydrogen-bond donors (Lipinski definition) is 5. The molecule has 1 atom stereocenters. The van der Waals surface area contributed by atoms with Crippen molar-refractivity contribution in [1.82, 2.24) is 10.6 Å². The summed E-state index contributed by atoms with van der Waals surface area (Å²) in [6, 6.07) is 1.13. The number of benzene rings is 1. The summed E-state index contributed by atoms with van der Waals surface area (Å²) in [5.41, 5.74) is 0.936. The van der Waals surface area contributed by atoms with Crippen LogP contribution in [0.2, 0.25) is 0 Å². The second-order valence-corrected chi connectivity index (χ2v) is 5.50. The molecule has 0 bridgehead atoms.